The number of rotatable bonds is 3. The van der Waals surface area contributed by atoms with Gasteiger partial charge in [0.1, 0.15) is 0 Å². The molecule has 1 aromatic carbocycles. The van der Waals surface area contributed by atoms with Gasteiger partial charge in [0.25, 0.3) is 0 Å². The highest BCUT2D eigenvalue weighted by molar-refractivity contribution is 7.89. The fourth-order valence-corrected chi connectivity index (χ4v) is 4.46. The number of halogens is 1. The Morgan fingerprint density at radius 3 is 2.35 bits per heavy atom. The van der Waals surface area contributed by atoms with E-state index in [9.17, 15) is 13.2 Å². The first-order valence-electron chi connectivity index (χ1n) is 7.88. The molecule has 1 fully saturated rings. The van der Waals surface area contributed by atoms with Crippen molar-refractivity contribution in [1.29, 1.82) is 0 Å². The molecule has 0 bridgehead atoms. The molecule has 9 nitrogen and oxygen atoms in total. The summed E-state index contributed by atoms with van der Waals surface area (Å²) in [5.41, 5.74) is 0.661. The summed E-state index contributed by atoms with van der Waals surface area (Å²) in [6, 6.07) is 4.55. The van der Waals surface area contributed by atoms with Gasteiger partial charge in [0.05, 0.1) is 33.3 Å². The van der Waals surface area contributed by atoms with Gasteiger partial charge in [-0.15, -0.1) is 0 Å². The lowest BCUT2D eigenvalue weighted by Gasteiger charge is -2.33. The quantitative estimate of drug-likeness (QED) is 0.679. The zero-order chi connectivity index (χ0) is 18.3. The van der Waals surface area contributed by atoms with Gasteiger partial charge in [-0.1, -0.05) is 11.6 Å². The van der Waals surface area contributed by atoms with Gasteiger partial charge in [-0.05, 0) is 18.2 Å². The highest BCUT2D eigenvalue weighted by atomic mass is 35.5. The fourth-order valence-electron chi connectivity index (χ4n) is 2.92. The second-order valence-corrected chi connectivity index (χ2v) is 8.25. The molecule has 1 aliphatic rings. The number of piperazine rings is 1. The van der Waals surface area contributed by atoms with Crippen LogP contribution in [0.1, 0.15) is 0 Å². The van der Waals surface area contributed by atoms with Crippen LogP contribution in [-0.4, -0.2) is 58.8 Å². The molecular weight excluding hydrogens is 380 g/mol. The highest BCUT2D eigenvalue weighted by Gasteiger charge is 2.29. The van der Waals surface area contributed by atoms with Crippen LogP contribution in [0.4, 0.5) is 5.95 Å². The van der Waals surface area contributed by atoms with Crippen molar-refractivity contribution in [3.05, 3.63) is 46.1 Å². The van der Waals surface area contributed by atoms with Crippen LogP contribution < -0.4 is 10.6 Å². The monoisotopic (exact) mass is 394 g/mol. The molecule has 2 aromatic heterocycles. The van der Waals surface area contributed by atoms with Crippen LogP contribution in [-0.2, 0) is 10.0 Å². The summed E-state index contributed by atoms with van der Waals surface area (Å²) in [6.07, 6.45) is 3.03. The summed E-state index contributed by atoms with van der Waals surface area (Å²) in [6.45, 7) is 1.58. The molecule has 0 radical (unpaired) electrons. The lowest BCUT2D eigenvalue weighted by Crippen LogP contribution is -2.49. The lowest BCUT2D eigenvalue weighted by atomic mass is 10.3. The lowest BCUT2D eigenvalue weighted by molar-refractivity contribution is 0.382. The molecule has 0 saturated carbocycles. The minimum absolute atomic E-state index is 0.149. The average Bonchev–Trinajstić information content (AvgIpc) is 3.01. The Kier molecular flexibility index (Phi) is 4.17. The number of aromatic amines is 2. The first kappa shape index (κ1) is 17.0. The number of nitrogens with one attached hydrogen (secondary N) is 2. The predicted octanol–water partition coefficient (Wildman–Crippen LogP) is 0.810. The predicted molar refractivity (Wildman–Crippen MR) is 96.9 cm³/mol. The van der Waals surface area contributed by atoms with E-state index in [1.54, 1.807) is 6.07 Å². The number of anilines is 1. The number of hydrogen-bond donors (Lipinski definition) is 2. The number of nitrogens with zero attached hydrogens (tertiary/aromatic N) is 4. The number of benzene rings is 1. The minimum Gasteiger partial charge on any atom is -0.338 e. The van der Waals surface area contributed by atoms with Crippen molar-refractivity contribution in [3.63, 3.8) is 0 Å². The van der Waals surface area contributed by atoms with E-state index in [-0.39, 0.29) is 10.6 Å². The van der Waals surface area contributed by atoms with E-state index in [0.29, 0.717) is 48.2 Å². The van der Waals surface area contributed by atoms with Gasteiger partial charge in [0.2, 0.25) is 16.0 Å². The molecule has 3 heterocycles. The van der Waals surface area contributed by atoms with Crippen molar-refractivity contribution < 1.29 is 8.42 Å². The smallest absolute Gasteiger partial charge is 0.323 e. The highest BCUT2D eigenvalue weighted by Crippen LogP contribution is 2.21. The Morgan fingerprint density at radius 2 is 1.65 bits per heavy atom. The molecule has 0 aliphatic carbocycles. The molecule has 0 unspecified atom stereocenters. The summed E-state index contributed by atoms with van der Waals surface area (Å²) in [5.74, 6) is 0.526. The maximum absolute atomic E-state index is 12.9. The topological polar surface area (TPSA) is 115 Å². The standard InChI is InChI=1S/C15H15ClN6O3S/c16-10-8-17-14(18-9-10)21-3-5-22(6-4-21)26(24,25)11-1-2-12-13(7-11)20-15(23)19-12/h1-2,7-9H,3-6H2,(H2,19,20,23). The van der Waals surface area contributed by atoms with Gasteiger partial charge in [0, 0.05) is 26.2 Å². The van der Waals surface area contributed by atoms with E-state index in [1.807, 2.05) is 4.90 Å². The molecule has 0 spiro atoms. The molecule has 1 saturated heterocycles. The van der Waals surface area contributed by atoms with E-state index < -0.39 is 10.0 Å². The molecule has 0 amide bonds. The van der Waals surface area contributed by atoms with Gasteiger partial charge in [-0.2, -0.15) is 4.31 Å². The average molecular weight is 395 g/mol. The second-order valence-electron chi connectivity index (χ2n) is 5.88. The van der Waals surface area contributed by atoms with Gasteiger partial charge < -0.3 is 14.9 Å². The molecule has 11 heteroatoms. The Labute approximate surface area is 153 Å². The number of hydrogen-bond acceptors (Lipinski definition) is 6. The van der Waals surface area contributed by atoms with E-state index in [2.05, 4.69) is 19.9 Å². The van der Waals surface area contributed by atoms with Crippen LogP contribution in [0.15, 0.2) is 40.3 Å². The van der Waals surface area contributed by atoms with E-state index in [0.717, 1.165) is 0 Å². The molecular formula is C15H15ClN6O3S. The number of aromatic nitrogens is 4. The third-order valence-corrected chi connectivity index (χ3v) is 6.34. The molecule has 4 rings (SSSR count). The molecule has 26 heavy (non-hydrogen) atoms. The normalized spacial score (nSPS) is 16.3. The minimum atomic E-state index is -3.65. The third kappa shape index (κ3) is 3.06. The van der Waals surface area contributed by atoms with Crippen molar-refractivity contribution >= 4 is 38.6 Å². The molecule has 1 aliphatic heterocycles. The Bertz CT molecular complexity index is 1100. The van der Waals surface area contributed by atoms with E-state index >= 15 is 0 Å². The Morgan fingerprint density at radius 1 is 1.00 bits per heavy atom. The van der Waals surface area contributed by atoms with Crippen molar-refractivity contribution in [3.8, 4) is 0 Å². The fraction of sp³-hybridized carbons (Fsp3) is 0.267. The molecule has 3 aromatic rings. The largest absolute Gasteiger partial charge is 0.338 e. The van der Waals surface area contributed by atoms with Crippen LogP contribution in [0.25, 0.3) is 11.0 Å². The number of imidazole rings is 1. The van der Waals surface area contributed by atoms with Crippen molar-refractivity contribution in [2.45, 2.75) is 4.90 Å². The molecule has 136 valence electrons. The first-order valence-corrected chi connectivity index (χ1v) is 9.70. The molecule has 0 atom stereocenters. The second kappa shape index (κ2) is 6.38. The van der Waals surface area contributed by atoms with E-state index in [1.165, 1.54) is 28.8 Å². The Balaban J connectivity index is 1.53. The van der Waals surface area contributed by atoms with Crippen molar-refractivity contribution in [1.82, 2.24) is 24.2 Å². The third-order valence-electron chi connectivity index (χ3n) is 4.25. The summed E-state index contributed by atoms with van der Waals surface area (Å²) in [5, 5.41) is 0.452. The number of H-pyrrole nitrogens is 2. The van der Waals surface area contributed by atoms with Crippen molar-refractivity contribution in [2.75, 3.05) is 31.1 Å². The van der Waals surface area contributed by atoms with Crippen molar-refractivity contribution in [2.24, 2.45) is 0 Å². The van der Waals surface area contributed by atoms with Crippen LogP contribution >= 0.6 is 11.6 Å². The van der Waals surface area contributed by atoms with Crippen LogP contribution in [0.2, 0.25) is 5.02 Å². The summed E-state index contributed by atoms with van der Waals surface area (Å²) < 4.78 is 27.2. The van der Waals surface area contributed by atoms with Gasteiger partial charge in [0.15, 0.2) is 0 Å². The van der Waals surface area contributed by atoms with Crippen LogP contribution in [0.3, 0.4) is 0 Å². The van der Waals surface area contributed by atoms with Gasteiger partial charge in [-0.3, -0.25) is 0 Å². The Hall–Kier alpha value is -2.43. The molecule has 2 N–H and O–H groups in total. The SMILES string of the molecule is O=c1[nH]c2ccc(S(=O)(=O)N3CCN(c4ncc(Cl)cn4)CC3)cc2[nH]1. The summed E-state index contributed by atoms with van der Waals surface area (Å²) >= 11 is 5.79. The zero-order valence-corrected chi connectivity index (χ0v) is 15.1. The number of fused-ring (bicyclic) bond motifs is 1. The summed E-state index contributed by atoms with van der Waals surface area (Å²) in [7, 11) is -3.65. The maximum Gasteiger partial charge on any atom is 0.323 e. The van der Waals surface area contributed by atoms with Gasteiger partial charge in [-0.25, -0.2) is 23.2 Å². The zero-order valence-electron chi connectivity index (χ0n) is 13.5. The first-order chi connectivity index (χ1) is 12.4. The summed E-state index contributed by atoms with van der Waals surface area (Å²) in [4.78, 5) is 26.9. The van der Waals surface area contributed by atoms with Crippen LogP contribution in [0.5, 0.6) is 0 Å². The van der Waals surface area contributed by atoms with E-state index in [4.69, 9.17) is 11.6 Å². The van der Waals surface area contributed by atoms with Gasteiger partial charge >= 0.3 is 5.69 Å². The number of sulfonamides is 1. The van der Waals surface area contributed by atoms with Crippen LogP contribution in [0, 0.1) is 0 Å². The maximum atomic E-state index is 12.9.